The molecule has 0 amide bonds. The van der Waals surface area contributed by atoms with E-state index in [4.69, 9.17) is 16.3 Å². The Kier molecular flexibility index (Phi) is 4.89. The Labute approximate surface area is 137 Å². The van der Waals surface area contributed by atoms with Gasteiger partial charge in [-0.3, -0.25) is 4.79 Å². The van der Waals surface area contributed by atoms with Gasteiger partial charge in [0, 0.05) is 0 Å². The fourth-order valence-corrected chi connectivity index (χ4v) is 2.20. The van der Waals surface area contributed by atoms with Crippen LogP contribution in [0.15, 0.2) is 42.0 Å². The number of aromatic hydroxyl groups is 2. The van der Waals surface area contributed by atoms with Crippen molar-refractivity contribution in [3.8, 4) is 23.3 Å². The molecule has 6 heteroatoms. The second-order valence-corrected chi connectivity index (χ2v) is 4.98. The van der Waals surface area contributed by atoms with Gasteiger partial charge in [-0.2, -0.15) is 5.26 Å². The molecule has 0 aromatic heterocycles. The summed E-state index contributed by atoms with van der Waals surface area (Å²) < 4.78 is 5.11. The number of nitriles is 1. The van der Waals surface area contributed by atoms with E-state index in [1.807, 2.05) is 6.07 Å². The number of allylic oxidation sites excluding steroid dienone is 1. The highest BCUT2D eigenvalue weighted by Gasteiger charge is 2.17. The monoisotopic (exact) mass is 329 g/mol. The van der Waals surface area contributed by atoms with E-state index in [1.165, 1.54) is 25.3 Å². The number of halogens is 1. The zero-order valence-corrected chi connectivity index (χ0v) is 12.8. The van der Waals surface area contributed by atoms with Crippen LogP contribution in [0.4, 0.5) is 0 Å². The highest BCUT2D eigenvalue weighted by Crippen LogP contribution is 2.34. The predicted octanol–water partition coefficient (Wildman–Crippen LogP) is 3.55. The first-order valence-corrected chi connectivity index (χ1v) is 6.86. The van der Waals surface area contributed by atoms with Crippen LogP contribution < -0.4 is 4.74 Å². The molecule has 2 N–H and O–H groups in total. The maximum absolute atomic E-state index is 12.5. The zero-order chi connectivity index (χ0) is 17.0. The van der Waals surface area contributed by atoms with Gasteiger partial charge in [0.2, 0.25) is 5.78 Å². The van der Waals surface area contributed by atoms with Crippen molar-refractivity contribution in [2.45, 2.75) is 0 Å². The first kappa shape index (κ1) is 16.4. The van der Waals surface area contributed by atoms with Crippen LogP contribution in [0.3, 0.4) is 0 Å². The summed E-state index contributed by atoms with van der Waals surface area (Å²) in [6, 6.07) is 10.9. The highest BCUT2D eigenvalue weighted by atomic mass is 35.5. The molecule has 0 fully saturated rings. The summed E-state index contributed by atoms with van der Waals surface area (Å²) in [4.78, 5) is 12.5. The molecule has 0 spiro atoms. The van der Waals surface area contributed by atoms with Gasteiger partial charge < -0.3 is 14.9 Å². The second kappa shape index (κ2) is 6.86. The lowest BCUT2D eigenvalue weighted by Gasteiger charge is -2.07. The fourth-order valence-electron chi connectivity index (χ4n) is 1.98. The maximum Gasteiger partial charge on any atom is 0.207 e. The molecule has 116 valence electrons. The molecule has 0 bridgehead atoms. The Morgan fingerprint density at radius 1 is 1.30 bits per heavy atom. The lowest BCUT2D eigenvalue weighted by molar-refractivity contribution is 0.103. The molecular weight excluding hydrogens is 318 g/mol. The van der Waals surface area contributed by atoms with Crippen LogP contribution in [0.2, 0.25) is 5.02 Å². The summed E-state index contributed by atoms with van der Waals surface area (Å²) in [5.41, 5.74) is 0.401. The van der Waals surface area contributed by atoms with Crippen LogP contribution >= 0.6 is 11.6 Å². The Morgan fingerprint density at radius 2 is 2.00 bits per heavy atom. The summed E-state index contributed by atoms with van der Waals surface area (Å²) in [7, 11) is 1.43. The third-order valence-corrected chi connectivity index (χ3v) is 3.38. The largest absolute Gasteiger partial charge is 0.504 e. The minimum atomic E-state index is -0.520. The van der Waals surface area contributed by atoms with Crippen LogP contribution in [0.25, 0.3) is 6.08 Å². The molecule has 0 unspecified atom stereocenters. The van der Waals surface area contributed by atoms with E-state index in [0.29, 0.717) is 11.3 Å². The van der Waals surface area contributed by atoms with Crippen molar-refractivity contribution in [1.29, 1.82) is 5.26 Å². The Morgan fingerprint density at radius 3 is 2.61 bits per heavy atom. The van der Waals surface area contributed by atoms with Gasteiger partial charge >= 0.3 is 0 Å². The highest BCUT2D eigenvalue weighted by molar-refractivity contribution is 6.32. The number of ether oxygens (including phenoxy) is 1. The van der Waals surface area contributed by atoms with Crippen molar-refractivity contribution in [3.63, 3.8) is 0 Å². The molecule has 0 aliphatic carbocycles. The number of nitrogens with zero attached hydrogens (tertiary/aromatic N) is 1. The second-order valence-electron chi connectivity index (χ2n) is 4.57. The summed E-state index contributed by atoms with van der Waals surface area (Å²) in [5, 5.41) is 28.1. The molecule has 0 heterocycles. The quantitative estimate of drug-likeness (QED) is 0.387. The van der Waals surface area contributed by atoms with Gasteiger partial charge in [-0.05, 0) is 35.9 Å². The maximum atomic E-state index is 12.5. The fraction of sp³-hybridized carbons (Fsp3) is 0.0588. The van der Waals surface area contributed by atoms with Crippen LogP contribution in [-0.2, 0) is 0 Å². The predicted molar refractivity (Wildman–Crippen MR) is 85.7 cm³/mol. The number of rotatable bonds is 4. The van der Waals surface area contributed by atoms with Crippen molar-refractivity contribution >= 4 is 23.5 Å². The normalized spacial score (nSPS) is 10.9. The molecule has 0 radical (unpaired) electrons. The van der Waals surface area contributed by atoms with Gasteiger partial charge in [-0.25, -0.2) is 0 Å². The van der Waals surface area contributed by atoms with Gasteiger partial charge in [0.15, 0.2) is 11.5 Å². The minimum Gasteiger partial charge on any atom is -0.504 e. The number of carbonyl (C=O) groups excluding carboxylic acids is 1. The Hall–Kier alpha value is -2.97. The standard InChI is InChI=1S/C17H12ClNO4/c1-23-15-5-3-2-4-12(15)16(21)11(9-19)6-10-7-13(18)17(22)14(20)8-10/h2-8,20,22H,1H3/b11-6+. The summed E-state index contributed by atoms with van der Waals surface area (Å²) in [5.74, 6) is -1.07. The van der Waals surface area contributed by atoms with Crippen LogP contribution in [-0.4, -0.2) is 23.1 Å². The average Bonchev–Trinajstić information content (AvgIpc) is 2.56. The molecule has 0 aliphatic heterocycles. The van der Waals surface area contributed by atoms with E-state index in [-0.39, 0.29) is 16.2 Å². The van der Waals surface area contributed by atoms with Crippen molar-refractivity contribution in [3.05, 3.63) is 58.1 Å². The van der Waals surface area contributed by atoms with Gasteiger partial charge in [0.25, 0.3) is 0 Å². The molecule has 0 aliphatic rings. The van der Waals surface area contributed by atoms with Gasteiger partial charge in [-0.1, -0.05) is 23.7 Å². The lowest BCUT2D eigenvalue weighted by Crippen LogP contribution is -2.04. The van der Waals surface area contributed by atoms with E-state index in [1.54, 1.807) is 24.3 Å². The van der Waals surface area contributed by atoms with Crippen molar-refractivity contribution in [2.75, 3.05) is 7.11 Å². The summed E-state index contributed by atoms with van der Waals surface area (Å²) in [6.07, 6.45) is 1.28. The van der Waals surface area contributed by atoms with Crippen molar-refractivity contribution in [2.24, 2.45) is 0 Å². The molecule has 0 atom stereocenters. The summed E-state index contributed by atoms with van der Waals surface area (Å²) in [6.45, 7) is 0. The number of hydrogen-bond donors (Lipinski definition) is 2. The number of phenols is 2. The molecule has 0 saturated carbocycles. The molecular formula is C17H12ClNO4. The zero-order valence-electron chi connectivity index (χ0n) is 12.1. The molecule has 2 aromatic rings. The molecule has 5 nitrogen and oxygen atoms in total. The van der Waals surface area contributed by atoms with Crippen LogP contribution in [0.5, 0.6) is 17.2 Å². The lowest BCUT2D eigenvalue weighted by atomic mass is 10.0. The Balaban J connectivity index is 2.48. The number of benzene rings is 2. The average molecular weight is 330 g/mol. The minimum absolute atomic E-state index is 0.0849. The molecule has 2 rings (SSSR count). The smallest absolute Gasteiger partial charge is 0.207 e. The number of ketones is 1. The van der Waals surface area contributed by atoms with Crippen LogP contribution in [0.1, 0.15) is 15.9 Å². The van der Waals surface area contributed by atoms with Crippen LogP contribution in [0, 0.1) is 11.3 Å². The van der Waals surface area contributed by atoms with Gasteiger partial charge in [0.05, 0.1) is 17.7 Å². The Bertz CT molecular complexity index is 814. The topological polar surface area (TPSA) is 90.6 Å². The third-order valence-electron chi connectivity index (χ3n) is 3.09. The number of para-hydroxylation sites is 1. The third kappa shape index (κ3) is 3.44. The first-order valence-electron chi connectivity index (χ1n) is 6.49. The molecule has 0 saturated heterocycles. The van der Waals surface area contributed by atoms with E-state index in [2.05, 4.69) is 0 Å². The SMILES string of the molecule is COc1ccccc1C(=O)/C(C#N)=C/c1cc(O)c(O)c(Cl)c1. The summed E-state index contributed by atoms with van der Waals surface area (Å²) >= 11 is 5.76. The molecule has 2 aromatic carbocycles. The number of hydrogen-bond acceptors (Lipinski definition) is 5. The van der Waals surface area contributed by atoms with Crippen molar-refractivity contribution < 1.29 is 19.7 Å². The van der Waals surface area contributed by atoms with Gasteiger partial charge in [-0.15, -0.1) is 0 Å². The van der Waals surface area contributed by atoms with Gasteiger partial charge in [0.1, 0.15) is 17.4 Å². The number of methoxy groups -OCH3 is 1. The van der Waals surface area contributed by atoms with Crippen molar-refractivity contribution in [1.82, 2.24) is 0 Å². The van der Waals surface area contributed by atoms with E-state index in [9.17, 15) is 20.3 Å². The van der Waals surface area contributed by atoms with E-state index < -0.39 is 17.3 Å². The number of phenolic OH excluding ortho intramolecular Hbond substituents is 2. The van der Waals surface area contributed by atoms with E-state index in [0.717, 1.165) is 0 Å². The number of Topliss-reactive ketones (excluding diaryl/α,β-unsaturated/α-hetero) is 1. The number of carbonyl (C=O) groups is 1. The van der Waals surface area contributed by atoms with E-state index >= 15 is 0 Å². The first-order chi connectivity index (χ1) is 11.0. The molecule has 23 heavy (non-hydrogen) atoms.